The third-order valence-electron chi connectivity index (χ3n) is 2.94. The number of nitrogens with zero attached hydrogens (tertiary/aromatic N) is 2. The van der Waals surface area contributed by atoms with Crippen molar-refractivity contribution in [1.82, 2.24) is 9.55 Å². The highest BCUT2D eigenvalue weighted by Crippen LogP contribution is 2.31. The summed E-state index contributed by atoms with van der Waals surface area (Å²) in [4.78, 5) is 4.31. The number of halogens is 3. The highest BCUT2D eigenvalue weighted by atomic mass is 19.4. The summed E-state index contributed by atoms with van der Waals surface area (Å²) >= 11 is 0. The van der Waals surface area contributed by atoms with E-state index < -0.39 is 11.7 Å². The molecule has 2 aromatic rings. The first-order valence-corrected chi connectivity index (χ1v) is 6.03. The Morgan fingerprint density at radius 1 is 1.22 bits per heavy atom. The molecule has 18 heavy (non-hydrogen) atoms. The summed E-state index contributed by atoms with van der Waals surface area (Å²) in [6.07, 6.45) is -2.60. The Kier molecular flexibility index (Phi) is 3.32. The first-order valence-electron chi connectivity index (χ1n) is 6.03. The maximum Gasteiger partial charge on any atom is 0.416 e. The van der Waals surface area contributed by atoms with Gasteiger partial charge in [0.05, 0.1) is 16.6 Å². The molecule has 0 bridgehead atoms. The Balaban J connectivity index is 2.58. The fourth-order valence-electron chi connectivity index (χ4n) is 2.12. The molecule has 0 saturated heterocycles. The van der Waals surface area contributed by atoms with E-state index in [9.17, 15) is 13.2 Å². The molecule has 0 saturated carbocycles. The molecule has 0 aliphatic heterocycles. The first-order chi connectivity index (χ1) is 8.47. The van der Waals surface area contributed by atoms with Gasteiger partial charge in [-0.2, -0.15) is 13.2 Å². The van der Waals surface area contributed by atoms with Crippen molar-refractivity contribution in [2.45, 2.75) is 39.4 Å². The Labute approximate surface area is 103 Å². The molecule has 0 unspecified atom stereocenters. The number of aromatic nitrogens is 2. The molecule has 0 aliphatic carbocycles. The predicted octanol–water partition coefficient (Wildman–Crippen LogP) is 4.03. The molecule has 0 atom stereocenters. The quantitative estimate of drug-likeness (QED) is 0.810. The number of benzene rings is 1. The minimum absolute atomic E-state index is 0.426. The Hall–Kier alpha value is -1.52. The summed E-state index contributed by atoms with van der Waals surface area (Å²) in [5.41, 5.74) is 0.558. The van der Waals surface area contributed by atoms with Gasteiger partial charge >= 0.3 is 6.18 Å². The zero-order valence-electron chi connectivity index (χ0n) is 10.4. The van der Waals surface area contributed by atoms with E-state index in [0.717, 1.165) is 42.9 Å². The first kappa shape index (κ1) is 12.9. The third-order valence-corrected chi connectivity index (χ3v) is 2.94. The summed E-state index contributed by atoms with van der Waals surface area (Å²) in [6, 6.07) is 3.75. The average Bonchev–Trinajstić information content (AvgIpc) is 2.64. The molecule has 0 amide bonds. The molecular weight excluding hydrogens is 241 g/mol. The Bertz CT molecular complexity index is 555. The molecular formula is C13H15F3N2. The summed E-state index contributed by atoms with van der Waals surface area (Å²) in [6.45, 7) is 4.72. The summed E-state index contributed by atoms with van der Waals surface area (Å²) in [7, 11) is 0. The van der Waals surface area contributed by atoms with E-state index in [2.05, 4.69) is 4.98 Å². The third kappa shape index (κ3) is 2.21. The number of hydrogen-bond donors (Lipinski definition) is 0. The van der Waals surface area contributed by atoms with Gasteiger partial charge in [-0.05, 0) is 31.5 Å². The van der Waals surface area contributed by atoms with Gasteiger partial charge in [0, 0.05) is 13.0 Å². The molecule has 2 rings (SSSR count). The van der Waals surface area contributed by atoms with E-state index in [1.807, 2.05) is 18.4 Å². The molecule has 0 radical (unpaired) electrons. The lowest BCUT2D eigenvalue weighted by molar-refractivity contribution is -0.137. The maximum atomic E-state index is 12.6. The molecule has 0 spiro atoms. The van der Waals surface area contributed by atoms with Crippen LogP contribution in [0.3, 0.4) is 0 Å². The summed E-state index contributed by atoms with van der Waals surface area (Å²) in [5, 5.41) is 0. The van der Waals surface area contributed by atoms with Crippen LogP contribution in [0, 0.1) is 0 Å². The number of imidazole rings is 1. The van der Waals surface area contributed by atoms with Gasteiger partial charge in [-0.25, -0.2) is 4.98 Å². The standard InChI is InChI=1S/C13H15F3N2/c1-3-5-12-17-10-8-9(13(14,15)16)6-7-11(10)18(12)4-2/h6-8H,3-5H2,1-2H3. The summed E-state index contributed by atoms with van der Waals surface area (Å²) < 4.78 is 39.8. The highest BCUT2D eigenvalue weighted by molar-refractivity contribution is 5.77. The zero-order chi connectivity index (χ0) is 13.3. The molecule has 2 nitrogen and oxygen atoms in total. The average molecular weight is 256 g/mol. The second kappa shape index (κ2) is 4.63. The van der Waals surface area contributed by atoms with E-state index >= 15 is 0 Å². The SMILES string of the molecule is CCCc1nc2cc(C(F)(F)F)ccc2n1CC. The second-order valence-electron chi connectivity index (χ2n) is 4.22. The zero-order valence-corrected chi connectivity index (χ0v) is 10.4. The maximum absolute atomic E-state index is 12.6. The number of fused-ring (bicyclic) bond motifs is 1. The molecule has 1 aromatic heterocycles. The van der Waals surface area contributed by atoms with Crippen LogP contribution in [0.2, 0.25) is 0 Å². The van der Waals surface area contributed by atoms with Crippen molar-refractivity contribution in [3.05, 3.63) is 29.6 Å². The van der Waals surface area contributed by atoms with Gasteiger partial charge in [0.25, 0.3) is 0 Å². The summed E-state index contributed by atoms with van der Waals surface area (Å²) in [5.74, 6) is 0.856. The van der Waals surface area contributed by atoms with Gasteiger partial charge in [0.15, 0.2) is 0 Å². The fourth-order valence-corrected chi connectivity index (χ4v) is 2.12. The lowest BCUT2D eigenvalue weighted by Gasteiger charge is -2.07. The Morgan fingerprint density at radius 2 is 1.94 bits per heavy atom. The van der Waals surface area contributed by atoms with Crippen molar-refractivity contribution < 1.29 is 13.2 Å². The molecule has 1 heterocycles. The number of alkyl halides is 3. The van der Waals surface area contributed by atoms with Crippen molar-refractivity contribution in [1.29, 1.82) is 0 Å². The van der Waals surface area contributed by atoms with Gasteiger partial charge in [0.1, 0.15) is 5.82 Å². The van der Waals surface area contributed by atoms with Gasteiger partial charge < -0.3 is 4.57 Å². The van der Waals surface area contributed by atoms with Crippen LogP contribution in [0.1, 0.15) is 31.7 Å². The predicted molar refractivity (Wildman–Crippen MR) is 64.4 cm³/mol. The molecule has 1 aromatic carbocycles. The van der Waals surface area contributed by atoms with Gasteiger partial charge in [-0.1, -0.05) is 6.92 Å². The smallest absolute Gasteiger partial charge is 0.328 e. The van der Waals surface area contributed by atoms with Crippen molar-refractivity contribution >= 4 is 11.0 Å². The molecule has 0 fully saturated rings. The monoisotopic (exact) mass is 256 g/mol. The van der Waals surface area contributed by atoms with Crippen LogP contribution >= 0.6 is 0 Å². The van der Waals surface area contributed by atoms with Crippen molar-refractivity contribution in [3.8, 4) is 0 Å². The van der Waals surface area contributed by atoms with Gasteiger partial charge in [0.2, 0.25) is 0 Å². The lowest BCUT2D eigenvalue weighted by atomic mass is 10.2. The van der Waals surface area contributed by atoms with Gasteiger partial charge in [-0.15, -0.1) is 0 Å². The molecule has 0 N–H and O–H groups in total. The Morgan fingerprint density at radius 3 is 2.50 bits per heavy atom. The second-order valence-corrected chi connectivity index (χ2v) is 4.22. The minimum Gasteiger partial charge on any atom is -0.328 e. The topological polar surface area (TPSA) is 17.8 Å². The number of hydrogen-bond acceptors (Lipinski definition) is 1. The van der Waals surface area contributed by atoms with Crippen LogP contribution in [0.4, 0.5) is 13.2 Å². The largest absolute Gasteiger partial charge is 0.416 e. The lowest BCUT2D eigenvalue weighted by Crippen LogP contribution is -2.04. The number of aryl methyl sites for hydroxylation is 2. The van der Waals surface area contributed by atoms with E-state index in [4.69, 9.17) is 0 Å². The van der Waals surface area contributed by atoms with Crippen LogP contribution in [0.15, 0.2) is 18.2 Å². The highest BCUT2D eigenvalue weighted by Gasteiger charge is 2.31. The van der Waals surface area contributed by atoms with E-state index in [1.165, 1.54) is 6.07 Å². The van der Waals surface area contributed by atoms with Crippen LogP contribution < -0.4 is 0 Å². The van der Waals surface area contributed by atoms with Crippen LogP contribution in [0.25, 0.3) is 11.0 Å². The molecule has 5 heteroatoms. The number of rotatable bonds is 3. The van der Waals surface area contributed by atoms with E-state index in [0.29, 0.717) is 5.52 Å². The fraction of sp³-hybridized carbons (Fsp3) is 0.462. The minimum atomic E-state index is -4.31. The van der Waals surface area contributed by atoms with E-state index in [-0.39, 0.29) is 0 Å². The molecule has 98 valence electrons. The van der Waals surface area contributed by atoms with Gasteiger partial charge in [-0.3, -0.25) is 0 Å². The van der Waals surface area contributed by atoms with Crippen molar-refractivity contribution in [3.63, 3.8) is 0 Å². The van der Waals surface area contributed by atoms with Crippen LogP contribution in [0.5, 0.6) is 0 Å². The van der Waals surface area contributed by atoms with E-state index in [1.54, 1.807) is 0 Å². The van der Waals surface area contributed by atoms with Crippen LogP contribution in [-0.4, -0.2) is 9.55 Å². The van der Waals surface area contributed by atoms with Crippen molar-refractivity contribution in [2.75, 3.05) is 0 Å². The normalized spacial score (nSPS) is 12.3. The van der Waals surface area contributed by atoms with Crippen molar-refractivity contribution in [2.24, 2.45) is 0 Å². The molecule has 0 aliphatic rings. The van der Waals surface area contributed by atoms with Crippen LogP contribution in [-0.2, 0) is 19.1 Å².